The maximum Gasteiger partial charge on any atom is 0.221 e. The Labute approximate surface area is 173 Å². The fourth-order valence-electron chi connectivity index (χ4n) is 2.85. The number of para-hydroxylation sites is 1. The van der Waals surface area contributed by atoms with Crippen molar-refractivity contribution in [3.8, 4) is 11.6 Å². The van der Waals surface area contributed by atoms with Crippen molar-refractivity contribution in [3.63, 3.8) is 0 Å². The van der Waals surface area contributed by atoms with Crippen LogP contribution in [0.1, 0.15) is 5.56 Å². The molecule has 0 fully saturated rings. The molecular formula is C20H19ClN4O2S. The third-order valence-electron chi connectivity index (χ3n) is 4.19. The number of fused-ring (bicyclic) bond motifs is 1. The average molecular weight is 415 g/mol. The number of hydrogen-bond donors (Lipinski definition) is 2. The third kappa shape index (κ3) is 3.85. The van der Waals surface area contributed by atoms with E-state index in [2.05, 4.69) is 22.1 Å². The van der Waals surface area contributed by atoms with Crippen LogP contribution in [0.4, 0.5) is 11.4 Å². The fraction of sp³-hybridized carbons (Fsp3) is 0.150. The van der Waals surface area contributed by atoms with Gasteiger partial charge in [-0.3, -0.25) is 0 Å². The van der Waals surface area contributed by atoms with E-state index < -0.39 is 0 Å². The summed E-state index contributed by atoms with van der Waals surface area (Å²) >= 11 is 11.4. The van der Waals surface area contributed by atoms with Gasteiger partial charge in [-0.15, -0.1) is 16.8 Å². The molecule has 8 heteroatoms. The second-order valence-electron chi connectivity index (χ2n) is 6.02. The van der Waals surface area contributed by atoms with Crippen LogP contribution in [0.5, 0.6) is 11.6 Å². The molecule has 3 aromatic rings. The van der Waals surface area contributed by atoms with Gasteiger partial charge < -0.3 is 19.7 Å². The summed E-state index contributed by atoms with van der Waals surface area (Å²) in [5.74, 6) is 0.547. The molecule has 0 radical (unpaired) electrons. The summed E-state index contributed by atoms with van der Waals surface area (Å²) in [7, 11) is 1.54. The Morgan fingerprint density at radius 1 is 1.39 bits per heavy atom. The molecule has 1 aromatic heterocycles. The monoisotopic (exact) mass is 414 g/mol. The standard InChI is InChI=1S/C20H19ClN4O2S/c1-4-9-25-16-8-6-5-7-13(16)18(19(25)26)23-24-20(28)22-15-10-12(2)14(21)11-17(15)27-3/h4-8,10-11,26H,1,9H2,2-3H3,(H,22,28). The highest BCUT2D eigenvalue weighted by molar-refractivity contribution is 7.80. The zero-order chi connectivity index (χ0) is 20.3. The first-order valence-corrected chi connectivity index (χ1v) is 9.22. The van der Waals surface area contributed by atoms with E-state index in [0.29, 0.717) is 28.7 Å². The SMILES string of the molecule is C=CCn1c(O)c(N=NC(=S)Nc2cc(C)c(Cl)cc2OC)c2ccccc21. The predicted octanol–water partition coefficient (Wildman–Crippen LogP) is 5.98. The van der Waals surface area contributed by atoms with E-state index >= 15 is 0 Å². The van der Waals surface area contributed by atoms with Crippen molar-refractivity contribution in [2.24, 2.45) is 10.2 Å². The number of azo groups is 1. The molecule has 2 aromatic carbocycles. The number of halogens is 1. The maximum absolute atomic E-state index is 10.6. The Morgan fingerprint density at radius 2 is 2.14 bits per heavy atom. The lowest BCUT2D eigenvalue weighted by atomic mass is 10.2. The van der Waals surface area contributed by atoms with Gasteiger partial charge in [-0.25, -0.2) is 0 Å². The minimum atomic E-state index is 0.00701. The van der Waals surface area contributed by atoms with Gasteiger partial charge in [-0.05, 0) is 36.8 Å². The molecule has 0 aliphatic carbocycles. The minimum Gasteiger partial charge on any atom is -0.495 e. The Hall–Kier alpha value is -2.90. The molecule has 0 unspecified atom stereocenters. The van der Waals surface area contributed by atoms with Crippen LogP contribution < -0.4 is 10.1 Å². The van der Waals surface area contributed by atoms with Crippen molar-refractivity contribution in [1.82, 2.24) is 4.57 Å². The highest BCUT2D eigenvalue weighted by atomic mass is 35.5. The Bertz CT molecular complexity index is 1090. The molecule has 0 spiro atoms. The van der Waals surface area contributed by atoms with Gasteiger partial charge in [0.15, 0.2) is 5.69 Å². The van der Waals surface area contributed by atoms with Crippen LogP contribution in [0.3, 0.4) is 0 Å². The summed E-state index contributed by atoms with van der Waals surface area (Å²) in [5.41, 5.74) is 2.69. The van der Waals surface area contributed by atoms with Crippen LogP contribution in [0, 0.1) is 6.92 Å². The number of aryl methyl sites for hydroxylation is 1. The number of anilines is 1. The number of nitrogens with one attached hydrogen (secondary N) is 1. The van der Waals surface area contributed by atoms with Gasteiger partial charge in [0.25, 0.3) is 0 Å². The van der Waals surface area contributed by atoms with E-state index in [9.17, 15) is 5.11 Å². The first-order valence-electron chi connectivity index (χ1n) is 8.44. The predicted molar refractivity (Wildman–Crippen MR) is 117 cm³/mol. The summed E-state index contributed by atoms with van der Waals surface area (Å²) in [5, 5.41) is 23.3. The number of thiocarbonyl (C=S) groups is 1. The smallest absolute Gasteiger partial charge is 0.221 e. The number of nitrogens with zero attached hydrogens (tertiary/aromatic N) is 3. The van der Waals surface area contributed by atoms with E-state index in [1.54, 1.807) is 23.8 Å². The molecule has 2 N–H and O–H groups in total. The van der Waals surface area contributed by atoms with E-state index in [-0.39, 0.29) is 11.0 Å². The minimum absolute atomic E-state index is 0.00701. The van der Waals surface area contributed by atoms with Gasteiger partial charge in [-0.1, -0.05) is 35.9 Å². The Morgan fingerprint density at radius 3 is 2.86 bits per heavy atom. The van der Waals surface area contributed by atoms with Gasteiger partial charge in [0.1, 0.15) is 5.75 Å². The lowest BCUT2D eigenvalue weighted by molar-refractivity contribution is 0.417. The van der Waals surface area contributed by atoms with Crippen LogP contribution in [0.15, 0.2) is 59.3 Å². The Kier molecular flexibility index (Phi) is 5.96. The first-order chi connectivity index (χ1) is 13.5. The number of ether oxygens (including phenoxy) is 1. The van der Waals surface area contributed by atoms with Crippen molar-refractivity contribution in [2.45, 2.75) is 13.5 Å². The Balaban J connectivity index is 1.91. The van der Waals surface area contributed by atoms with Crippen LogP contribution in [-0.4, -0.2) is 21.9 Å². The van der Waals surface area contributed by atoms with E-state index in [4.69, 9.17) is 28.6 Å². The molecule has 0 amide bonds. The number of rotatable bonds is 5. The number of methoxy groups -OCH3 is 1. The molecule has 0 aliphatic heterocycles. The number of benzene rings is 2. The second kappa shape index (κ2) is 8.41. The number of hydrogen-bond acceptors (Lipinski definition) is 4. The number of allylic oxidation sites excluding steroid dienone is 1. The topological polar surface area (TPSA) is 71.1 Å². The third-order valence-corrected chi connectivity index (χ3v) is 4.78. The van der Waals surface area contributed by atoms with E-state index in [1.807, 2.05) is 37.3 Å². The van der Waals surface area contributed by atoms with Crippen LogP contribution in [-0.2, 0) is 6.54 Å². The molecule has 0 saturated heterocycles. The summed E-state index contributed by atoms with van der Waals surface area (Å²) < 4.78 is 7.03. The van der Waals surface area contributed by atoms with Gasteiger partial charge in [-0.2, -0.15) is 0 Å². The first kappa shape index (κ1) is 19.9. The molecule has 0 aliphatic rings. The molecule has 1 heterocycles. The molecular weight excluding hydrogens is 396 g/mol. The van der Waals surface area contributed by atoms with Crippen molar-refractivity contribution >= 4 is 51.2 Å². The van der Waals surface area contributed by atoms with Crippen molar-refractivity contribution < 1.29 is 9.84 Å². The quantitative estimate of drug-likeness (QED) is 0.306. The van der Waals surface area contributed by atoms with Crippen molar-refractivity contribution in [2.75, 3.05) is 12.4 Å². The zero-order valence-electron chi connectivity index (χ0n) is 15.4. The van der Waals surface area contributed by atoms with Crippen LogP contribution in [0.2, 0.25) is 5.02 Å². The zero-order valence-corrected chi connectivity index (χ0v) is 17.0. The average Bonchev–Trinajstić information content (AvgIpc) is 2.95. The fourth-order valence-corrected chi connectivity index (χ4v) is 3.15. The molecule has 3 rings (SSSR count). The van der Waals surface area contributed by atoms with Crippen molar-refractivity contribution in [1.29, 1.82) is 0 Å². The molecule has 0 saturated carbocycles. The van der Waals surface area contributed by atoms with Gasteiger partial charge >= 0.3 is 0 Å². The summed E-state index contributed by atoms with van der Waals surface area (Å²) in [6, 6.07) is 11.0. The largest absolute Gasteiger partial charge is 0.495 e. The number of aromatic nitrogens is 1. The van der Waals surface area contributed by atoms with Crippen molar-refractivity contribution in [3.05, 3.63) is 59.6 Å². The molecule has 28 heavy (non-hydrogen) atoms. The normalized spacial score (nSPS) is 11.1. The molecule has 144 valence electrons. The van der Waals surface area contributed by atoms with E-state index in [0.717, 1.165) is 16.5 Å². The second-order valence-corrected chi connectivity index (χ2v) is 6.81. The van der Waals surface area contributed by atoms with Crippen LogP contribution >= 0.6 is 23.8 Å². The van der Waals surface area contributed by atoms with Gasteiger partial charge in [0.05, 0.1) is 18.3 Å². The molecule has 0 atom stereocenters. The lowest BCUT2D eigenvalue weighted by Gasteiger charge is -2.11. The lowest BCUT2D eigenvalue weighted by Crippen LogP contribution is -2.06. The maximum atomic E-state index is 10.6. The summed E-state index contributed by atoms with van der Waals surface area (Å²) in [6.07, 6.45) is 1.70. The number of aromatic hydroxyl groups is 1. The highest BCUT2D eigenvalue weighted by Crippen LogP contribution is 2.39. The van der Waals surface area contributed by atoms with Crippen LogP contribution in [0.25, 0.3) is 10.9 Å². The summed E-state index contributed by atoms with van der Waals surface area (Å²) in [4.78, 5) is 0. The van der Waals surface area contributed by atoms with Gasteiger partial charge in [0.2, 0.25) is 11.0 Å². The highest BCUT2D eigenvalue weighted by Gasteiger charge is 2.16. The molecule has 6 nitrogen and oxygen atoms in total. The summed E-state index contributed by atoms with van der Waals surface area (Å²) in [6.45, 7) is 6.05. The van der Waals surface area contributed by atoms with Gasteiger partial charge in [0, 0.05) is 23.0 Å². The molecule has 0 bridgehead atoms. The van der Waals surface area contributed by atoms with E-state index in [1.165, 1.54) is 0 Å².